The van der Waals surface area contributed by atoms with E-state index in [-0.39, 0.29) is 0 Å². The molecular formula is C13H28N2. The van der Waals surface area contributed by atoms with Crippen LogP contribution in [0.4, 0.5) is 0 Å². The van der Waals surface area contributed by atoms with Crippen LogP contribution in [0.5, 0.6) is 0 Å². The maximum Gasteiger partial charge on any atom is 0.0119 e. The van der Waals surface area contributed by atoms with Crippen LogP contribution >= 0.6 is 0 Å². The Hall–Kier alpha value is -0.0800. The Morgan fingerprint density at radius 1 is 1.07 bits per heavy atom. The zero-order valence-corrected chi connectivity index (χ0v) is 10.8. The SMILES string of the molecule is CCCCN1CCC(N(CC)CC)CC1. The maximum atomic E-state index is 2.64. The Bertz CT molecular complexity index is 147. The van der Waals surface area contributed by atoms with Gasteiger partial charge in [-0.25, -0.2) is 0 Å². The standard InChI is InChI=1S/C13H28N2/c1-4-7-10-14-11-8-13(9-12-14)15(5-2)6-3/h13H,4-12H2,1-3H3. The average Bonchev–Trinajstić information content (AvgIpc) is 2.29. The molecule has 0 spiro atoms. The summed E-state index contributed by atoms with van der Waals surface area (Å²) in [5, 5.41) is 0. The smallest absolute Gasteiger partial charge is 0.0119 e. The third kappa shape index (κ3) is 4.12. The summed E-state index contributed by atoms with van der Waals surface area (Å²) in [6.07, 6.45) is 5.46. The molecule has 1 aliphatic rings. The first-order valence-corrected chi connectivity index (χ1v) is 6.78. The molecule has 0 atom stereocenters. The number of likely N-dealkylation sites (tertiary alicyclic amines) is 1. The predicted octanol–water partition coefficient (Wildman–Crippen LogP) is 2.59. The molecule has 0 radical (unpaired) electrons. The fourth-order valence-electron chi connectivity index (χ4n) is 2.63. The molecule has 1 fully saturated rings. The minimum Gasteiger partial charge on any atom is -0.303 e. The Balaban J connectivity index is 2.22. The topological polar surface area (TPSA) is 6.48 Å². The van der Waals surface area contributed by atoms with Gasteiger partial charge in [0, 0.05) is 6.04 Å². The maximum absolute atomic E-state index is 2.64. The quantitative estimate of drug-likeness (QED) is 0.668. The molecular weight excluding hydrogens is 184 g/mol. The van der Waals surface area contributed by atoms with Crippen LogP contribution < -0.4 is 0 Å². The lowest BCUT2D eigenvalue weighted by Crippen LogP contribution is -2.44. The fourth-order valence-corrected chi connectivity index (χ4v) is 2.63. The van der Waals surface area contributed by atoms with Gasteiger partial charge in [0.15, 0.2) is 0 Å². The van der Waals surface area contributed by atoms with E-state index in [1.54, 1.807) is 0 Å². The molecule has 0 aliphatic carbocycles. The van der Waals surface area contributed by atoms with Crippen molar-refractivity contribution < 1.29 is 0 Å². The molecule has 0 saturated carbocycles. The summed E-state index contributed by atoms with van der Waals surface area (Å²) in [7, 11) is 0. The summed E-state index contributed by atoms with van der Waals surface area (Å²) >= 11 is 0. The van der Waals surface area contributed by atoms with E-state index in [4.69, 9.17) is 0 Å². The number of nitrogens with zero attached hydrogens (tertiary/aromatic N) is 2. The summed E-state index contributed by atoms with van der Waals surface area (Å²) in [4.78, 5) is 5.26. The van der Waals surface area contributed by atoms with Crippen LogP contribution in [-0.4, -0.2) is 48.6 Å². The molecule has 0 aromatic rings. The first kappa shape index (κ1) is 13.0. The van der Waals surface area contributed by atoms with Crippen LogP contribution in [0.1, 0.15) is 46.5 Å². The molecule has 90 valence electrons. The molecule has 0 N–H and O–H groups in total. The van der Waals surface area contributed by atoms with Gasteiger partial charge in [-0.3, -0.25) is 0 Å². The predicted molar refractivity (Wildman–Crippen MR) is 67.3 cm³/mol. The Labute approximate surface area is 95.6 Å². The number of piperidine rings is 1. The van der Waals surface area contributed by atoms with Crippen molar-refractivity contribution >= 4 is 0 Å². The van der Waals surface area contributed by atoms with E-state index in [0.29, 0.717) is 0 Å². The van der Waals surface area contributed by atoms with Crippen molar-refractivity contribution in [1.82, 2.24) is 9.80 Å². The van der Waals surface area contributed by atoms with Crippen molar-refractivity contribution in [2.24, 2.45) is 0 Å². The van der Waals surface area contributed by atoms with Gasteiger partial charge in [0.05, 0.1) is 0 Å². The molecule has 1 aliphatic heterocycles. The van der Waals surface area contributed by atoms with E-state index < -0.39 is 0 Å². The summed E-state index contributed by atoms with van der Waals surface area (Å²) in [5.74, 6) is 0. The molecule has 0 aromatic heterocycles. The second-order valence-corrected chi connectivity index (χ2v) is 4.65. The molecule has 0 bridgehead atoms. The van der Waals surface area contributed by atoms with E-state index in [1.807, 2.05) is 0 Å². The van der Waals surface area contributed by atoms with Gasteiger partial charge in [0.25, 0.3) is 0 Å². The van der Waals surface area contributed by atoms with Crippen LogP contribution in [0, 0.1) is 0 Å². The van der Waals surface area contributed by atoms with Gasteiger partial charge in [0.2, 0.25) is 0 Å². The summed E-state index contributed by atoms with van der Waals surface area (Å²) in [5.41, 5.74) is 0. The first-order chi connectivity index (χ1) is 7.31. The van der Waals surface area contributed by atoms with Gasteiger partial charge in [-0.1, -0.05) is 27.2 Å². The molecule has 0 amide bonds. The Morgan fingerprint density at radius 2 is 1.67 bits per heavy atom. The lowest BCUT2D eigenvalue weighted by molar-refractivity contribution is 0.116. The van der Waals surface area contributed by atoms with Crippen molar-refractivity contribution in [3.8, 4) is 0 Å². The molecule has 15 heavy (non-hydrogen) atoms. The molecule has 1 heterocycles. The van der Waals surface area contributed by atoms with Crippen molar-refractivity contribution in [3.63, 3.8) is 0 Å². The monoisotopic (exact) mass is 212 g/mol. The summed E-state index contributed by atoms with van der Waals surface area (Å²) in [6, 6.07) is 0.859. The van der Waals surface area contributed by atoms with Gasteiger partial charge < -0.3 is 9.80 Å². The van der Waals surface area contributed by atoms with Crippen LogP contribution in [0.3, 0.4) is 0 Å². The second kappa shape index (κ2) is 7.24. The molecule has 2 nitrogen and oxygen atoms in total. The van der Waals surface area contributed by atoms with Crippen LogP contribution in [0.15, 0.2) is 0 Å². The van der Waals surface area contributed by atoms with Crippen LogP contribution in [0.25, 0.3) is 0 Å². The highest BCUT2D eigenvalue weighted by Gasteiger charge is 2.21. The minimum atomic E-state index is 0.859. The molecule has 0 unspecified atom stereocenters. The first-order valence-electron chi connectivity index (χ1n) is 6.78. The van der Waals surface area contributed by atoms with E-state index in [2.05, 4.69) is 30.6 Å². The van der Waals surface area contributed by atoms with Crippen molar-refractivity contribution in [1.29, 1.82) is 0 Å². The Morgan fingerprint density at radius 3 is 2.13 bits per heavy atom. The van der Waals surface area contributed by atoms with E-state index in [0.717, 1.165) is 6.04 Å². The minimum absolute atomic E-state index is 0.859. The number of hydrogen-bond donors (Lipinski definition) is 0. The van der Waals surface area contributed by atoms with Crippen molar-refractivity contribution in [3.05, 3.63) is 0 Å². The molecule has 1 saturated heterocycles. The van der Waals surface area contributed by atoms with Crippen LogP contribution in [-0.2, 0) is 0 Å². The average molecular weight is 212 g/mol. The Kier molecular flexibility index (Phi) is 6.26. The lowest BCUT2D eigenvalue weighted by Gasteiger charge is -2.37. The number of hydrogen-bond acceptors (Lipinski definition) is 2. The second-order valence-electron chi connectivity index (χ2n) is 4.65. The lowest BCUT2D eigenvalue weighted by atomic mass is 10.0. The van der Waals surface area contributed by atoms with Gasteiger partial charge in [0.1, 0.15) is 0 Å². The van der Waals surface area contributed by atoms with Crippen molar-refractivity contribution in [2.45, 2.75) is 52.5 Å². The zero-order chi connectivity index (χ0) is 11.1. The molecule has 2 heteroatoms. The highest BCUT2D eigenvalue weighted by atomic mass is 15.2. The van der Waals surface area contributed by atoms with Gasteiger partial charge in [-0.15, -0.1) is 0 Å². The van der Waals surface area contributed by atoms with E-state index in [9.17, 15) is 0 Å². The third-order valence-corrected chi connectivity index (χ3v) is 3.71. The normalized spacial score (nSPS) is 20.0. The number of rotatable bonds is 6. The van der Waals surface area contributed by atoms with Gasteiger partial charge in [-0.2, -0.15) is 0 Å². The highest BCUT2D eigenvalue weighted by molar-refractivity contribution is 4.78. The van der Waals surface area contributed by atoms with E-state index in [1.165, 1.54) is 58.4 Å². The zero-order valence-electron chi connectivity index (χ0n) is 10.8. The number of unbranched alkanes of at least 4 members (excludes halogenated alkanes) is 1. The van der Waals surface area contributed by atoms with Crippen molar-refractivity contribution in [2.75, 3.05) is 32.7 Å². The highest BCUT2D eigenvalue weighted by Crippen LogP contribution is 2.16. The fraction of sp³-hybridized carbons (Fsp3) is 1.00. The summed E-state index contributed by atoms with van der Waals surface area (Å²) < 4.78 is 0. The molecule has 1 rings (SSSR count). The van der Waals surface area contributed by atoms with E-state index >= 15 is 0 Å². The largest absolute Gasteiger partial charge is 0.303 e. The summed E-state index contributed by atoms with van der Waals surface area (Å²) in [6.45, 7) is 13.2. The van der Waals surface area contributed by atoms with Gasteiger partial charge >= 0.3 is 0 Å². The van der Waals surface area contributed by atoms with Crippen LogP contribution in [0.2, 0.25) is 0 Å². The third-order valence-electron chi connectivity index (χ3n) is 3.71. The molecule has 0 aromatic carbocycles. The van der Waals surface area contributed by atoms with Gasteiger partial charge in [-0.05, 0) is 52.0 Å².